The Kier molecular flexibility index (Phi) is 3.87. The summed E-state index contributed by atoms with van der Waals surface area (Å²) in [5, 5.41) is 10.2. The quantitative estimate of drug-likeness (QED) is 0.380. The standard InChI is InChI=1S/C16H12N4OS/c17-9-12-13(11-5-4-6-18-10-11)14(15(21)19-16(12)22)20-7-2-1-3-8-20/h1-8,10,13-14,17H/p+1/t13-,14+/m0/s1. The third kappa shape index (κ3) is 2.45. The van der Waals surface area contributed by atoms with Crippen LogP contribution in [0.15, 0.2) is 60.7 Å². The Hall–Kier alpha value is -2.69. The molecule has 1 aliphatic heterocycles. The first-order valence-corrected chi connectivity index (χ1v) is 7.13. The van der Waals surface area contributed by atoms with Crippen LogP contribution in [0, 0.1) is 5.41 Å². The van der Waals surface area contributed by atoms with E-state index < -0.39 is 6.04 Å². The molecule has 2 N–H and O–H groups in total. The van der Waals surface area contributed by atoms with Crippen molar-refractivity contribution in [1.82, 2.24) is 10.3 Å². The summed E-state index contributed by atoms with van der Waals surface area (Å²) in [6.45, 7) is 0. The largest absolute Gasteiger partial charge is 0.310 e. The summed E-state index contributed by atoms with van der Waals surface area (Å²) in [5.41, 5.74) is 1.32. The zero-order valence-electron chi connectivity index (χ0n) is 11.6. The number of nitrogens with zero attached hydrogens (tertiary/aromatic N) is 2. The Balaban J connectivity index is 2.18. The van der Waals surface area contributed by atoms with E-state index in [4.69, 9.17) is 17.6 Å². The second-order valence-corrected chi connectivity index (χ2v) is 5.30. The highest BCUT2D eigenvalue weighted by molar-refractivity contribution is 7.80. The summed E-state index contributed by atoms with van der Waals surface area (Å²) >= 11 is 5.20. The number of hydrogen-bond acceptors (Lipinski definition) is 4. The van der Waals surface area contributed by atoms with Crippen LogP contribution in [0.3, 0.4) is 0 Å². The maximum atomic E-state index is 12.5. The van der Waals surface area contributed by atoms with Gasteiger partial charge in [0.05, 0.1) is 11.5 Å². The van der Waals surface area contributed by atoms with Crippen LogP contribution in [0.5, 0.6) is 0 Å². The van der Waals surface area contributed by atoms with Crippen molar-refractivity contribution in [3.05, 3.63) is 66.3 Å². The van der Waals surface area contributed by atoms with Gasteiger partial charge < -0.3 is 5.32 Å². The number of amides is 1. The molecule has 6 heteroatoms. The molecule has 0 aliphatic carbocycles. The molecule has 22 heavy (non-hydrogen) atoms. The predicted octanol–water partition coefficient (Wildman–Crippen LogP) is 1.33. The number of nitrogens with one attached hydrogen (secondary N) is 2. The highest BCUT2D eigenvalue weighted by atomic mass is 32.1. The van der Waals surface area contributed by atoms with Gasteiger partial charge in [-0.3, -0.25) is 15.2 Å². The van der Waals surface area contributed by atoms with Crippen molar-refractivity contribution >= 4 is 29.0 Å². The van der Waals surface area contributed by atoms with Crippen molar-refractivity contribution in [3.8, 4) is 0 Å². The Labute approximate surface area is 132 Å². The zero-order chi connectivity index (χ0) is 15.5. The van der Waals surface area contributed by atoms with E-state index in [0.717, 1.165) is 5.56 Å². The molecular weight excluding hydrogens is 296 g/mol. The fourth-order valence-electron chi connectivity index (χ4n) is 2.65. The number of rotatable bonds is 2. The van der Waals surface area contributed by atoms with Crippen molar-refractivity contribution in [2.24, 2.45) is 0 Å². The van der Waals surface area contributed by atoms with Crippen LogP contribution in [0.2, 0.25) is 0 Å². The van der Waals surface area contributed by atoms with Crippen LogP contribution in [0.4, 0.5) is 0 Å². The fourth-order valence-corrected chi connectivity index (χ4v) is 2.93. The number of carbonyl (C=O) groups is 1. The topological polar surface area (TPSA) is 69.7 Å². The molecular formula is C16H13N4OS+. The molecule has 0 saturated carbocycles. The average molecular weight is 309 g/mol. The Bertz CT molecular complexity index is 769. The highest BCUT2D eigenvalue weighted by Gasteiger charge is 2.45. The van der Waals surface area contributed by atoms with Crippen molar-refractivity contribution in [2.75, 3.05) is 0 Å². The SMILES string of the molecule is N=C=C1C(=S)NC(=O)[C@H]([n+]2ccccc2)[C@H]1c1cccnc1. The fraction of sp³-hybridized carbons (Fsp3) is 0.125. The minimum atomic E-state index is -0.537. The van der Waals surface area contributed by atoms with Gasteiger partial charge in [0.25, 0.3) is 5.91 Å². The Morgan fingerprint density at radius 3 is 2.68 bits per heavy atom. The van der Waals surface area contributed by atoms with Crippen LogP contribution >= 0.6 is 12.2 Å². The molecule has 0 spiro atoms. The van der Waals surface area contributed by atoms with E-state index in [1.54, 1.807) is 18.5 Å². The van der Waals surface area contributed by atoms with Crippen molar-refractivity contribution in [1.29, 1.82) is 5.41 Å². The van der Waals surface area contributed by atoms with Crippen LogP contribution in [-0.2, 0) is 4.79 Å². The van der Waals surface area contributed by atoms with E-state index in [2.05, 4.69) is 16.2 Å². The third-order valence-corrected chi connectivity index (χ3v) is 3.94. The molecule has 3 rings (SSSR count). The molecule has 1 amide bonds. The molecule has 2 aromatic rings. The lowest BCUT2D eigenvalue weighted by Crippen LogP contribution is -2.56. The number of piperidine rings is 1. The molecule has 108 valence electrons. The summed E-state index contributed by atoms with van der Waals surface area (Å²) in [6, 6.07) is 8.74. The predicted molar refractivity (Wildman–Crippen MR) is 84.6 cm³/mol. The number of carbonyl (C=O) groups excluding carboxylic acids is 1. The molecule has 2 atom stereocenters. The van der Waals surface area contributed by atoms with E-state index in [9.17, 15) is 4.79 Å². The normalized spacial score (nSPS) is 21.2. The lowest BCUT2D eigenvalue weighted by Gasteiger charge is -2.28. The van der Waals surface area contributed by atoms with Crippen molar-refractivity contribution in [3.63, 3.8) is 0 Å². The Morgan fingerprint density at radius 1 is 1.27 bits per heavy atom. The van der Waals surface area contributed by atoms with E-state index in [-0.39, 0.29) is 16.8 Å². The molecule has 0 bridgehead atoms. The van der Waals surface area contributed by atoms with Crippen LogP contribution < -0.4 is 9.88 Å². The van der Waals surface area contributed by atoms with Gasteiger partial charge in [0, 0.05) is 24.5 Å². The van der Waals surface area contributed by atoms with Gasteiger partial charge in [-0.15, -0.1) is 0 Å². The van der Waals surface area contributed by atoms with E-state index >= 15 is 0 Å². The maximum absolute atomic E-state index is 12.5. The lowest BCUT2D eigenvalue weighted by molar-refractivity contribution is -0.711. The molecule has 3 heterocycles. The number of hydrogen-bond donors (Lipinski definition) is 2. The highest BCUT2D eigenvalue weighted by Crippen LogP contribution is 2.34. The summed E-state index contributed by atoms with van der Waals surface area (Å²) in [5.74, 6) is 1.80. The second kappa shape index (κ2) is 5.97. The minimum absolute atomic E-state index is 0.200. The summed E-state index contributed by atoms with van der Waals surface area (Å²) < 4.78 is 1.81. The van der Waals surface area contributed by atoms with Gasteiger partial charge in [-0.2, -0.15) is 4.57 Å². The van der Waals surface area contributed by atoms with Crippen LogP contribution in [0.1, 0.15) is 17.5 Å². The minimum Gasteiger partial charge on any atom is -0.310 e. The molecule has 0 unspecified atom stereocenters. The number of aromatic nitrogens is 2. The third-order valence-electron chi connectivity index (χ3n) is 3.61. The summed E-state index contributed by atoms with van der Waals surface area (Å²) in [6.07, 6.45) is 7.01. The molecule has 1 saturated heterocycles. The molecule has 0 radical (unpaired) electrons. The van der Waals surface area contributed by atoms with Crippen LogP contribution in [0.25, 0.3) is 0 Å². The van der Waals surface area contributed by atoms with Crippen LogP contribution in [-0.4, -0.2) is 21.7 Å². The first-order chi connectivity index (χ1) is 10.7. The van der Waals surface area contributed by atoms with Gasteiger partial charge in [-0.1, -0.05) is 24.4 Å². The van der Waals surface area contributed by atoms with E-state index in [1.165, 1.54) is 0 Å². The molecule has 1 aliphatic rings. The smallest absolute Gasteiger partial charge is 0.295 e. The lowest BCUT2D eigenvalue weighted by atomic mass is 9.82. The number of thiocarbonyl (C=S) groups is 1. The van der Waals surface area contributed by atoms with Crippen molar-refractivity contribution < 1.29 is 9.36 Å². The molecule has 1 fully saturated rings. The first-order valence-electron chi connectivity index (χ1n) is 6.73. The van der Waals surface area contributed by atoms with Gasteiger partial charge in [0.15, 0.2) is 12.4 Å². The zero-order valence-corrected chi connectivity index (χ0v) is 12.4. The Morgan fingerprint density at radius 2 is 2.05 bits per heavy atom. The molecule has 2 aromatic heterocycles. The molecule has 0 aromatic carbocycles. The molecule has 5 nitrogen and oxygen atoms in total. The van der Waals surface area contributed by atoms with Crippen molar-refractivity contribution in [2.45, 2.75) is 12.0 Å². The summed E-state index contributed by atoms with van der Waals surface area (Å²) in [7, 11) is 0. The van der Waals surface area contributed by atoms with Gasteiger partial charge in [-0.25, -0.2) is 0 Å². The average Bonchev–Trinajstić information content (AvgIpc) is 2.56. The van der Waals surface area contributed by atoms with Gasteiger partial charge >= 0.3 is 0 Å². The summed E-state index contributed by atoms with van der Waals surface area (Å²) in [4.78, 5) is 16.9. The first kappa shape index (κ1) is 14.3. The second-order valence-electron chi connectivity index (χ2n) is 4.89. The van der Waals surface area contributed by atoms with E-state index in [0.29, 0.717) is 5.57 Å². The van der Waals surface area contributed by atoms with E-state index in [1.807, 2.05) is 41.2 Å². The maximum Gasteiger partial charge on any atom is 0.295 e. The van der Waals surface area contributed by atoms with Gasteiger partial charge in [-0.05, 0) is 17.5 Å². The number of pyridine rings is 2. The van der Waals surface area contributed by atoms with Gasteiger partial charge in [0.1, 0.15) is 4.99 Å². The van der Waals surface area contributed by atoms with Gasteiger partial charge in [0.2, 0.25) is 6.04 Å². The monoisotopic (exact) mass is 309 g/mol.